The van der Waals surface area contributed by atoms with Gasteiger partial charge in [0.25, 0.3) is 0 Å². The summed E-state index contributed by atoms with van der Waals surface area (Å²) in [6, 6.07) is 13.4. The Balaban J connectivity index is 1.50. The summed E-state index contributed by atoms with van der Waals surface area (Å²) in [6.07, 6.45) is 4.16. The Kier molecular flexibility index (Phi) is 6.88. The molecule has 1 amide bonds. The summed E-state index contributed by atoms with van der Waals surface area (Å²) >= 11 is 3.55. The number of aromatic amines is 1. The third-order valence-corrected chi connectivity index (χ3v) is 7.79. The number of benzene rings is 2. The van der Waals surface area contributed by atoms with E-state index in [2.05, 4.69) is 25.6 Å². The number of carbonyl (C=O) groups is 1. The Hall–Kier alpha value is -2.36. The second-order valence-electron chi connectivity index (χ2n) is 8.01. The van der Waals surface area contributed by atoms with Gasteiger partial charge in [0.2, 0.25) is 10.0 Å². The van der Waals surface area contributed by atoms with Crippen LogP contribution in [0.3, 0.4) is 0 Å². The van der Waals surface area contributed by atoms with Crippen molar-refractivity contribution in [1.29, 1.82) is 0 Å². The van der Waals surface area contributed by atoms with Crippen LogP contribution in [0.2, 0.25) is 0 Å². The number of halogens is 1. The van der Waals surface area contributed by atoms with Gasteiger partial charge in [0.15, 0.2) is 0 Å². The average Bonchev–Trinajstić information content (AvgIpc) is 3.40. The highest BCUT2D eigenvalue weighted by atomic mass is 79.9. The molecule has 1 aliphatic heterocycles. The zero-order valence-corrected chi connectivity index (χ0v) is 20.2. The van der Waals surface area contributed by atoms with E-state index in [1.807, 2.05) is 53.6 Å². The zero-order chi connectivity index (χ0) is 22.7. The molecule has 0 radical (unpaired) electrons. The van der Waals surface area contributed by atoms with Gasteiger partial charge in [-0.05, 0) is 71.1 Å². The number of carbonyl (C=O) groups excluding carboxylic acids is 1. The quantitative estimate of drug-likeness (QED) is 0.486. The van der Waals surface area contributed by atoms with E-state index in [0.717, 1.165) is 39.3 Å². The highest BCUT2D eigenvalue weighted by Crippen LogP contribution is 2.31. The maximum absolute atomic E-state index is 12.7. The molecule has 1 atom stereocenters. The molecule has 2 heterocycles. The number of amides is 1. The number of fused-ring (bicyclic) bond motifs is 1. The van der Waals surface area contributed by atoms with Crippen LogP contribution in [0.1, 0.15) is 29.5 Å². The number of hydrogen-bond donors (Lipinski definition) is 2. The summed E-state index contributed by atoms with van der Waals surface area (Å²) in [6.45, 7) is 0.933. The third kappa shape index (κ3) is 5.16. The smallest absolute Gasteiger partial charge is 0.410 e. The number of ether oxygens (including phenoxy) is 1. The maximum atomic E-state index is 12.7. The number of H-pyrrole nitrogens is 1. The van der Waals surface area contributed by atoms with Crippen LogP contribution < -0.4 is 4.72 Å². The number of nitrogens with one attached hydrogen (secondary N) is 2. The molecule has 0 bridgehead atoms. The third-order valence-electron chi connectivity index (χ3n) is 5.83. The van der Waals surface area contributed by atoms with Gasteiger partial charge in [-0.2, -0.15) is 0 Å². The summed E-state index contributed by atoms with van der Waals surface area (Å²) in [5.41, 5.74) is 3.63. The number of nitrogens with zero attached hydrogens (tertiary/aromatic N) is 1. The summed E-state index contributed by atoms with van der Waals surface area (Å²) < 4.78 is 32.7. The molecular formula is C23H26BrN3O4S. The Morgan fingerprint density at radius 2 is 2.03 bits per heavy atom. The molecule has 3 aromatic rings. The lowest BCUT2D eigenvalue weighted by Gasteiger charge is -2.24. The Morgan fingerprint density at radius 1 is 1.25 bits per heavy atom. The number of aromatic nitrogens is 1. The predicted molar refractivity (Wildman–Crippen MR) is 128 cm³/mol. The SMILES string of the molecule is CNS(=O)(=O)Cc1cc(Br)c2[nH]cc(C[C@H]3CCCN3C(=O)OCc3ccccc3)c2c1. The van der Waals surface area contributed by atoms with Crippen molar-refractivity contribution in [2.45, 2.75) is 37.7 Å². The highest BCUT2D eigenvalue weighted by molar-refractivity contribution is 9.10. The molecule has 1 saturated heterocycles. The molecule has 2 aromatic carbocycles. The van der Waals surface area contributed by atoms with E-state index < -0.39 is 10.0 Å². The zero-order valence-electron chi connectivity index (χ0n) is 17.8. The second-order valence-corrected chi connectivity index (χ2v) is 10.8. The van der Waals surface area contributed by atoms with Crippen LogP contribution in [0.15, 0.2) is 53.1 Å². The van der Waals surface area contributed by atoms with Gasteiger partial charge in [0.1, 0.15) is 6.61 Å². The van der Waals surface area contributed by atoms with Gasteiger partial charge in [0, 0.05) is 28.6 Å². The molecule has 2 N–H and O–H groups in total. The van der Waals surface area contributed by atoms with Crippen molar-refractivity contribution in [2.75, 3.05) is 13.6 Å². The fourth-order valence-corrected chi connectivity index (χ4v) is 5.56. The molecule has 1 aliphatic rings. The lowest BCUT2D eigenvalue weighted by molar-refractivity contribution is 0.0921. The number of rotatable bonds is 7. The van der Waals surface area contributed by atoms with Crippen LogP contribution in [0.25, 0.3) is 10.9 Å². The average molecular weight is 520 g/mol. The molecule has 1 aromatic heterocycles. The lowest BCUT2D eigenvalue weighted by atomic mass is 10.0. The van der Waals surface area contributed by atoms with E-state index in [1.165, 1.54) is 7.05 Å². The molecule has 0 saturated carbocycles. The number of hydrogen-bond acceptors (Lipinski definition) is 4. The number of likely N-dealkylation sites (tertiary alicyclic amines) is 1. The largest absolute Gasteiger partial charge is 0.445 e. The van der Waals surface area contributed by atoms with Crippen LogP contribution in [-0.4, -0.2) is 44.0 Å². The van der Waals surface area contributed by atoms with Crippen LogP contribution in [0, 0.1) is 0 Å². The summed E-state index contributed by atoms with van der Waals surface area (Å²) in [5.74, 6) is -0.0932. The number of sulfonamides is 1. The van der Waals surface area contributed by atoms with Crippen molar-refractivity contribution in [3.63, 3.8) is 0 Å². The topological polar surface area (TPSA) is 91.5 Å². The Bertz CT molecular complexity index is 1210. The van der Waals surface area contributed by atoms with Gasteiger partial charge < -0.3 is 14.6 Å². The van der Waals surface area contributed by atoms with E-state index in [4.69, 9.17) is 4.74 Å². The van der Waals surface area contributed by atoms with Crippen molar-refractivity contribution in [2.24, 2.45) is 0 Å². The van der Waals surface area contributed by atoms with Crippen LogP contribution >= 0.6 is 15.9 Å². The molecule has 7 nitrogen and oxygen atoms in total. The molecular weight excluding hydrogens is 494 g/mol. The first-order valence-electron chi connectivity index (χ1n) is 10.5. The van der Waals surface area contributed by atoms with Crippen molar-refractivity contribution < 1.29 is 17.9 Å². The van der Waals surface area contributed by atoms with Gasteiger partial charge >= 0.3 is 6.09 Å². The van der Waals surface area contributed by atoms with Gasteiger partial charge in [-0.15, -0.1) is 0 Å². The standard InChI is InChI=1S/C23H26BrN3O4S/c1-25-32(29,30)15-17-10-20-18(13-26-22(20)21(24)11-17)12-19-8-5-9-27(19)23(28)31-14-16-6-3-2-4-7-16/h2-4,6-7,10-11,13,19,25-26H,5,8-9,12,14-15H2,1H3/t19-/m1/s1. The van der Waals surface area contributed by atoms with E-state index >= 15 is 0 Å². The summed E-state index contributed by atoms with van der Waals surface area (Å²) in [4.78, 5) is 17.8. The molecule has 4 rings (SSSR count). The van der Waals surface area contributed by atoms with Gasteiger partial charge in [-0.25, -0.2) is 17.9 Å². The van der Waals surface area contributed by atoms with Gasteiger partial charge in [0.05, 0.1) is 11.3 Å². The maximum Gasteiger partial charge on any atom is 0.410 e. The van der Waals surface area contributed by atoms with Crippen molar-refractivity contribution in [3.8, 4) is 0 Å². The fraction of sp³-hybridized carbons (Fsp3) is 0.348. The normalized spacial score (nSPS) is 16.6. The van der Waals surface area contributed by atoms with Gasteiger partial charge in [-0.3, -0.25) is 0 Å². The minimum atomic E-state index is -3.38. The van der Waals surface area contributed by atoms with Crippen LogP contribution in [0.5, 0.6) is 0 Å². The Morgan fingerprint density at radius 3 is 2.78 bits per heavy atom. The molecule has 0 unspecified atom stereocenters. The molecule has 9 heteroatoms. The molecule has 1 fully saturated rings. The Labute approximate surface area is 196 Å². The molecule has 0 aliphatic carbocycles. The molecule has 170 valence electrons. The first-order chi connectivity index (χ1) is 15.4. The minimum Gasteiger partial charge on any atom is -0.445 e. The van der Waals surface area contributed by atoms with Crippen LogP contribution in [-0.2, 0) is 33.5 Å². The van der Waals surface area contributed by atoms with E-state index in [0.29, 0.717) is 18.5 Å². The highest BCUT2D eigenvalue weighted by Gasteiger charge is 2.30. The van der Waals surface area contributed by atoms with Crippen molar-refractivity contribution in [1.82, 2.24) is 14.6 Å². The van der Waals surface area contributed by atoms with E-state index in [9.17, 15) is 13.2 Å². The second kappa shape index (κ2) is 9.64. The monoisotopic (exact) mass is 519 g/mol. The summed E-state index contributed by atoms with van der Waals surface area (Å²) in [7, 11) is -1.96. The van der Waals surface area contributed by atoms with Gasteiger partial charge in [-0.1, -0.05) is 30.3 Å². The first-order valence-corrected chi connectivity index (χ1v) is 13.0. The van der Waals surface area contributed by atoms with E-state index in [1.54, 1.807) is 0 Å². The van der Waals surface area contributed by atoms with Crippen molar-refractivity contribution in [3.05, 3.63) is 69.8 Å². The fourth-order valence-electron chi connectivity index (χ4n) is 4.19. The molecule has 32 heavy (non-hydrogen) atoms. The summed E-state index contributed by atoms with van der Waals surface area (Å²) in [5, 5.41) is 0.963. The predicted octanol–water partition coefficient (Wildman–Crippen LogP) is 4.32. The van der Waals surface area contributed by atoms with E-state index in [-0.39, 0.29) is 24.5 Å². The minimum absolute atomic E-state index is 0.0424. The first kappa shape index (κ1) is 22.8. The molecule has 0 spiro atoms. The van der Waals surface area contributed by atoms with Crippen LogP contribution in [0.4, 0.5) is 4.79 Å². The van der Waals surface area contributed by atoms with Crippen molar-refractivity contribution >= 4 is 42.9 Å². The lowest BCUT2D eigenvalue weighted by Crippen LogP contribution is -2.37.